The van der Waals surface area contributed by atoms with Gasteiger partial charge in [0.05, 0.1) is 18.4 Å². The molecule has 0 spiro atoms. The Morgan fingerprint density at radius 1 is 1.13 bits per heavy atom. The smallest absolute Gasteiger partial charge is 0.259 e. The lowest BCUT2D eigenvalue weighted by Crippen LogP contribution is -2.16. The second-order valence-electron chi connectivity index (χ2n) is 6.76. The minimum atomic E-state index is -0.253. The van der Waals surface area contributed by atoms with E-state index in [9.17, 15) is 4.79 Å². The van der Waals surface area contributed by atoms with Gasteiger partial charge in [-0.05, 0) is 49.2 Å². The zero-order valence-electron chi connectivity index (χ0n) is 16.9. The van der Waals surface area contributed by atoms with Crippen LogP contribution in [-0.4, -0.2) is 32.6 Å². The summed E-state index contributed by atoms with van der Waals surface area (Å²) in [6.07, 6.45) is 1.54. The van der Waals surface area contributed by atoms with E-state index < -0.39 is 0 Å². The zero-order chi connectivity index (χ0) is 21.1. The number of thioether (sulfide) groups is 1. The van der Waals surface area contributed by atoms with Crippen molar-refractivity contribution in [3.8, 4) is 5.75 Å². The second-order valence-corrected chi connectivity index (χ2v) is 7.70. The molecule has 4 aromatic rings. The Kier molecular flexibility index (Phi) is 5.67. The van der Waals surface area contributed by atoms with Gasteiger partial charge in [0.1, 0.15) is 5.75 Å². The van der Waals surface area contributed by atoms with Crippen molar-refractivity contribution in [3.05, 3.63) is 77.1 Å². The van der Waals surface area contributed by atoms with Crippen molar-refractivity contribution in [2.45, 2.75) is 24.8 Å². The Morgan fingerprint density at radius 3 is 2.63 bits per heavy atom. The van der Waals surface area contributed by atoms with Crippen molar-refractivity contribution in [1.29, 1.82) is 0 Å². The third kappa shape index (κ3) is 4.13. The lowest BCUT2D eigenvalue weighted by Gasteiger charge is -2.08. The molecular formula is C22H21N5O2S. The van der Waals surface area contributed by atoms with Crippen LogP contribution in [0.3, 0.4) is 0 Å². The maximum Gasteiger partial charge on any atom is 0.259 e. The zero-order valence-corrected chi connectivity index (χ0v) is 17.7. The third-order valence-electron chi connectivity index (χ3n) is 4.80. The average molecular weight is 420 g/mol. The van der Waals surface area contributed by atoms with Crippen LogP contribution >= 0.6 is 11.8 Å². The monoisotopic (exact) mass is 419 g/mol. The Bertz CT molecular complexity index is 1200. The molecule has 0 atom stereocenters. The van der Waals surface area contributed by atoms with E-state index in [1.54, 1.807) is 47.7 Å². The van der Waals surface area contributed by atoms with Gasteiger partial charge in [-0.25, -0.2) is 4.98 Å². The molecule has 1 amide bonds. The maximum absolute atomic E-state index is 12.7. The van der Waals surface area contributed by atoms with E-state index in [4.69, 9.17) is 4.74 Å². The molecule has 0 aliphatic carbocycles. The summed E-state index contributed by atoms with van der Waals surface area (Å²) in [6, 6.07) is 15.4. The molecular weight excluding hydrogens is 398 g/mol. The van der Waals surface area contributed by atoms with Gasteiger partial charge < -0.3 is 10.1 Å². The van der Waals surface area contributed by atoms with Gasteiger partial charge in [0.15, 0.2) is 0 Å². The molecule has 30 heavy (non-hydrogen) atoms. The summed E-state index contributed by atoms with van der Waals surface area (Å²) in [4.78, 5) is 21.5. The number of carbonyl (C=O) groups excluding carboxylic acids is 1. The van der Waals surface area contributed by atoms with Gasteiger partial charge in [0.2, 0.25) is 5.16 Å². The fourth-order valence-corrected chi connectivity index (χ4v) is 3.89. The summed E-state index contributed by atoms with van der Waals surface area (Å²) in [5.41, 5.74) is 4.28. The molecule has 2 aromatic heterocycles. The van der Waals surface area contributed by atoms with Crippen LogP contribution < -0.4 is 10.1 Å². The number of methoxy groups -OCH3 is 1. The summed E-state index contributed by atoms with van der Waals surface area (Å²) < 4.78 is 6.75. The van der Waals surface area contributed by atoms with Crippen LogP contribution in [-0.2, 0) is 5.75 Å². The number of rotatable bonds is 6. The molecule has 4 rings (SSSR count). The molecule has 0 fully saturated rings. The highest BCUT2D eigenvalue weighted by Gasteiger charge is 2.16. The van der Waals surface area contributed by atoms with E-state index in [0.717, 1.165) is 11.5 Å². The number of benzene rings is 2. The number of amides is 1. The lowest BCUT2D eigenvalue weighted by molar-refractivity contribution is 0.102. The molecule has 0 radical (unpaired) electrons. The summed E-state index contributed by atoms with van der Waals surface area (Å²) in [5, 5.41) is 8.04. The van der Waals surface area contributed by atoms with E-state index in [-0.39, 0.29) is 5.91 Å². The quantitative estimate of drug-likeness (QED) is 0.470. The van der Waals surface area contributed by atoms with E-state index in [2.05, 4.69) is 39.4 Å². The van der Waals surface area contributed by atoms with E-state index in [1.807, 2.05) is 19.1 Å². The van der Waals surface area contributed by atoms with E-state index in [0.29, 0.717) is 27.9 Å². The van der Waals surface area contributed by atoms with Crippen LogP contribution in [0.2, 0.25) is 0 Å². The first-order chi connectivity index (χ1) is 14.5. The molecule has 0 aliphatic rings. The highest BCUT2D eigenvalue weighted by atomic mass is 32.2. The number of nitrogens with one attached hydrogen (secondary N) is 1. The van der Waals surface area contributed by atoms with Crippen LogP contribution in [0.5, 0.6) is 5.75 Å². The Hall–Kier alpha value is -3.39. The van der Waals surface area contributed by atoms with Crippen LogP contribution in [0, 0.1) is 13.8 Å². The lowest BCUT2D eigenvalue weighted by atomic mass is 10.1. The number of ether oxygens (including phenoxy) is 1. The summed E-state index contributed by atoms with van der Waals surface area (Å²) in [5.74, 6) is 1.72. The number of aromatic nitrogens is 4. The number of aryl methyl sites for hydroxylation is 2. The van der Waals surface area contributed by atoms with Crippen LogP contribution in [0.1, 0.15) is 27.2 Å². The van der Waals surface area contributed by atoms with Gasteiger partial charge in [-0.3, -0.25) is 4.79 Å². The van der Waals surface area contributed by atoms with Crippen LogP contribution in [0.25, 0.3) is 5.78 Å². The van der Waals surface area contributed by atoms with E-state index >= 15 is 0 Å². The fourth-order valence-electron chi connectivity index (χ4n) is 3.00. The normalized spacial score (nSPS) is 10.9. The molecule has 0 aliphatic heterocycles. The predicted molar refractivity (Wildman–Crippen MR) is 117 cm³/mol. The molecule has 2 heterocycles. The Balaban J connectivity index is 1.53. The van der Waals surface area contributed by atoms with Gasteiger partial charge in [-0.15, -0.1) is 5.10 Å². The molecule has 2 aromatic carbocycles. The van der Waals surface area contributed by atoms with Crippen molar-refractivity contribution < 1.29 is 9.53 Å². The van der Waals surface area contributed by atoms with Crippen LogP contribution in [0.15, 0.2) is 59.9 Å². The second kappa shape index (κ2) is 8.54. The number of hydrogen-bond acceptors (Lipinski definition) is 6. The molecule has 0 unspecified atom stereocenters. The summed E-state index contributed by atoms with van der Waals surface area (Å²) in [6.45, 7) is 3.93. The van der Waals surface area contributed by atoms with Gasteiger partial charge in [-0.1, -0.05) is 36.0 Å². The van der Waals surface area contributed by atoms with Crippen molar-refractivity contribution in [1.82, 2.24) is 19.6 Å². The van der Waals surface area contributed by atoms with Crippen molar-refractivity contribution in [3.63, 3.8) is 0 Å². The van der Waals surface area contributed by atoms with Crippen LogP contribution in [0.4, 0.5) is 5.69 Å². The first-order valence-electron chi connectivity index (χ1n) is 9.40. The Labute approximate surface area is 178 Å². The third-order valence-corrected chi connectivity index (χ3v) is 5.68. The number of nitrogens with zero attached hydrogens (tertiary/aromatic N) is 4. The molecule has 0 bridgehead atoms. The SMILES string of the molecule is COc1ccc(NC(=O)c2cnc3nc(SCc4ccccc4C)nn3c2C)cc1. The first kappa shape index (κ1) is 19.9. The highest BCUT2D eigenvalue weighted by Crippen LogP contribution is 2.23. The van der Waals surface area contributed by atoms with Crippen molar-refractivity contribution >= 4 is 29.1 Å². The Morgan fingerprint density at radius 2 is 1.90 bits per heavy atom. The maximum atomic E-state index is 12.7. The summed E-state index contributed by atoms with van der Waals surface area (Å²) in [7, 11) is 1.60. The molecule has 0 saturated heterocycles. The molecule has 0 saturated carbocycles. The minimum Gasteiger partial charge on any atom is -0.497 e. The van der Waals surface area contributed by atoms with Gasteiger partial charge >= 0.3 is 0 Å². The first-order valence-corrected chi connectivity index (χ1v) is 10.4. The number of hydrogen-bond donors (Lipinski definition) is 1. The van der Waals surface area contributed by atoms with Gasteiger partial charge in [0, 0.05) is 17.6 Å². The largest absolute Gasteiger partial charge is 0.497 e. The molecule has 152 valence electrons. The minimum absolute atomic E-state index is 0.253. The fraction of sp³-hybridized carbons (Fsp3) is 0.182. The van der Waals surface area contributed by atoms with Crippen molar-refractivity contribution in [2.24, 2.45) is 0 Å². The van der Waals surface area contributed by atoms with Gasteiger partial charge in [0.25, 0.3) is 11.7 Å². The predicted octanol–water partition coefficient (Wildman–Crippen LogP) is 4.29. The highest BCUT2D eigenvalue weighted by molar-refractivity contribution is 7.98. The molecule has 7 nitrogen and oxygen atoms in total. The number of carbonyl (C=O) groups is 1. The van der Waals surface area contributed by atoms with E-state index in [1.165, 1.54) is 17.3 Å². The van der Waals surface area contributed by atoms with Gasteiger partial charge in [-0.2, -0.15) is 9.50 Å². The number of fused-ring (bicyclic) bond motifs is 1. The summed E-state index contributed by atoms with van der Waals surface area (Å²) >= 11 is 1.55. The van der Waals surface area contributed by atoms with Crippen molar-refractivity contribution in [2.75, 3.05) is 12.4 Å². The number of anilines is 1. The standard InChI is InChI=1S/C22H21N5O2S/c1-14-6-4-5-7-16(14)13-30-22-25-21-23-12-19(15(2)27(21)26-22)20(28)24-17-8-10-18(29-3)11-9-17/h4-12H,13H2,1-3H3,(H,24,28). The topological polar surface area (TPSA) is 81.4 Å². The molecule has 1 N–H and O–H groups in total. The molecule has 8 heteroatoms. The average Bonchev–Trinajstić information content (AvgIpc) is 3.18.